The van der Waals surface area contributed by atoms with E-state index >= 15 is 0 Å². The van der Waals surface area contributed by atoms with E-state index in [9.17, 15) is 0 Å². The molecule has 0 aliphatic heterocycles. The van der Waals surface area contributed by atoms with Crippen molar-refractivity contribution < 1.29 is 0 Å². The number of aromatic nitrogens is 2. The van der Waals surface area contributed by atoms with Gasteiger partial charge in [-0.1, -0.05) is 12.1 Å². The summed E-state index contributed by atoms with van der Waals surface area (Å²) in [7, 11) is 0. The quantitative estimate of drug-likeness (QED) is 0.475. The van der Waals surface area contributed by atoms with Crippen molar-refractivity contribution in [1.29, 1.82) is 0 Å². The lowest BCUT2D eigenvalue weighted by Gasteiger charge is -2.03. The summed E-state index contributed by atoms with van der Waals surface area (Å²) in [6, 6.07) is 11.4. The average Bonchev–Trinajstić information content (AvgIpc) is 2.38. The molecule has 0 saturated carbocycles. The van der Waals surface area contributed by atoms with Gasteiger partial charge in [0, 0.05) is 24.5 Å². The zero-order valence-corrected chi connectivity index (χ0v) is 8.74. The second-order valence-electron chi connectivity index (χ2n) is 3.29. The van der Waals surface area contributed by atoms with Crippen LogP contribution in [0.25, 0.3) is 0 Å². The van der Waals surface area contributed by atoms with Crippen LogP contribution >= 0.6 is 0 Å². The molecule has 2 N–H and O–H groups in total. The maximum absolute atomic E-state index is 5.37. The minimum atomic E-state index is 0.592. The van der Waals surface area contributed by atoms with Gasteiger partial charge in [-0.05, 0) is 24.3 Å². The molecule has 2 rings (SSSR count). The van der Waals surface area contributed by atoms with Crippen LogP contribution in [0.15, 0.2) is 53.9 Å². The molecule has 2 heterocycles. The van der Waals surface area contributed by atoms with Gasteiger partial charge in [0.15, 0.2) is 0 Å². The molecule has 2 aromatic rings. The molecule has 0 saturated heterocycles. The Bertz CT molecular complexity index is 465. The molecular weight excluding hydrogens is 200 g/mol. The van der Waals surface area contributed by atoms with Crippen LogP contribution in [0.5, 0.6) is 0 Å². The summed E-state index contributed by atoms with van der Waals surface area (Å²) in [5.41, 5.74) is 2.45. The molecule has 4 nitrogen and oxygen atoms in total. The molecule has 0 aromatic carbocycles. The Labute approximate surface area is 93.9 Å². The summed E-state index contributed by atoms with van der Waals surface area (Å²) in [4.78, 5) is 8.44. The van der Waals surface area contributed by atoms with Crippen LogP contribution < -0.4 is 5.84 Å². The first kappa shape index (κ1) is 10.3. The van der Waals surface area contributed by atoms with Crippen molar-refractivity contribution in [1.82, 2.24) is 9.97 Å². The molecule has 0 bridgehead atoms. The zero-order chi connectivity index (χ0) is 11.2. The Morgan fingerprint density at radius 2 is 1.81 bits per heavy atom. The molecule has 4 heteroatoms. The van der Waals surface area contributed by atoms with Crippen molar-refractivity contribution in [2.45, 2.75) is 6.42 Å². The van der Waals surface area contributed by atoms with Gasteiger partial charge in [0.1, 0.15) is 0 Å². The first-order valence-corrected chi connectivity index (χ1v) is 4.98. The molecule has 80 valence electrons. The lowest BCUT2D eigenvalue weighted by atomic mass is 10.1. The van der Waals surface area contributed by atoms with Crippen LogP contribution in [0.4, 0.5) is 0 Å². The Kier molecular flexibility index (Phi) is 3.23. The summed E-state index contributed by atoms with van der Waals surface area (Å²) in [6.45, 7) is 0. The van der Waals surface area contributed by atoms with E-state index in [1.807, 2.05) is 36.4 Å². The Balaban J connectivity index is 2.20. The van der Waals surface area contributed by atoms with E-state index in [0.717, 1.165) is 17.1 Å². The second-order valence-corrected chi connectivity index (χ2v) is 3.29. The molecule has 0 unspecified atom stereocenters. The summed E-state index contributed by atoms with van der Waals surface area (Å²) in [5, 5.41) is 3.77. The first-order valence-electron chi connectivity index (χ1n) is 4.98. The van der Waals surface area contributed by atoms with Gasteiger partial charge < -0.3 is 5.84 Å². The highest BCUT2D eigenvalue weighted by molar-refractivity contribution is 5.99. The fourth-order valence-electron chi connectivity index (χ4n) is 1.41. The third kappa shape index (κ3) is 2.42. The molecule has 0 spiro atoms. The number of hydrogen-bond donors (Lipinski definition) is 1. The lowest BCUT2D eigenvalue weighted by Crippen LogP contribution is -2.10. The summed E-state index contributed by atoms with van der Waals surface area (Å²) in [6.07, 6.45) is 4.06. The van der Waals surface area contributed by atoms with Crippen LogP contribution in [-0.4, -0.2) is 15.7 Å². The van der Waals surface area contributed by atoms with Crippen molar-refractivity contribution in [3.05, 3.63) is 60.2 Å². The third-order valence-corrected chi connectivity index (χ3v) is 2.19. The van der Waals surface area contributed by atoms with Gasteiger partial charge in [-0.25, -0.2) is 0 Å². The van der Waals surface area contributed by atoms with Crippen LogP contribution in [0, 0.1) is 0 Å². The first-order chi connectivity index (χ1) is 7.90. The maximum atomic E-state index is 5.37. The number of hydrogen-bond acceptors (Lipinski definition) is 4. The number of nitrogens with zero attached hydrogens (tertiary/aromatic N) is 3. The predicted octanol–water partition coefficient (Wildman–Crippen LogP) is 1.38. The van der Waals surface area contributed by atoms with Crippen LogP contribution in [0.1, 0.15) is 11.4 Å². The molecule has 0 aliphatic rings. The van der Waals surface area contributed by atoms with Crippen LogP contribution in [0.2, 0.25) is 0 Å². The monoisotopic (exact) mass is 212 g/mol. The van der Waals surface area contributed by atoms with E-state index in [1.54, 1.807) is 12.4 Å². The zero-order valence-electron chi connectivity index (χ0n) is 8.74. The van der Waals surface area contributed by atoms with E-state index in [1.165, 1.54) is 0 Å². The molecular formula is C12H12N4. The van der Waals surface area contributed by atoms with Gasteiger partial charge in [0.2, 0.25) is 0 Å². The molecule has 2 aromatic heterocycles. The van der Waals surface area contributed by atoms with E-state index in [0.29, 0.717) is 6.42 Å². The van der Waals surface area contributed by atoms with Gasteiger partial charge in [-0.3, -0.25) is 9.97 Å². The molecule has 0 fully saturated rings. The predicted molar refractivity (Wildman–Crippen MR) is 62.9 cm³/mol. The Morgan fingerprint density at radius 1 is 1.06 bits per heavy atom. The van der Waals surface area contributed by atoms with Gasteiger partial charge in [-0.15, -0.1) is 0 Å². The van der Waals surface area contributed by atoms with E-state index < -0.39 is 0 Å². The standard InChI is InChI=1S/C12H12N4/c13-16-12(11-6-2-4-8-15-11)9-10-5-1-3-7-14-10/h1-8H,9,13H2/b16-12-. The molecule has 0 atom stereocenters. The lowest BCUT2D eigenvalue weighted by molar-refractivity contribution is 1.10. The van der Waals surface area contributed by atoms with E-state index in [-0.39, 0.29) is 0 Å². The SMILES string of the molecule is N/N=C(/Cc1ccccn1)c1ccccn1. The van der Waals surface area contributed by atoms with E-state index in [2.05, 4.69) is 15.1 Å². The summed E-state index contributed by atoms with van der Waals surface area (Å²) in [5.74, 6) is 5.37. The Morgan fingerprint density at radius 3 is 2.38 bits per heavy atom. The average molecular weight is 212 g/mol. The topological polar surface area (TPSA) is 64.2 Å². The summed E-state index contributed by atoms with van der Waals surface area (Å²) >= 11 is 0. The van der Waals surface area contributed by atoms with Gasteiger partial charge in [0.25, 0.3) is 0 Å². The molecule has 0 aliphatic carbocycles. The van der Waals surface area contributed by atoms with Crippen LogP contribution in [-0.2, 0) is 6.42 Å². The number of hydrazone groups is 1. The van der Waals surface area contributed by atoms with Crippen molar-refractivity contribution in [2.24, 2.45) is 10.9 Å². The maximum Gasteiger partial charge on any atom is 0.0915 e. The molecule has 0 amide bonds. The third-order valence-electron chi connectivity index (χ3n) is 2.19. The fraction of sp³-hybridized carbons (Fsp3) is 0.0833. The highest BCUT2D eigenvalue weighted by Gasteiger charge is 2.06. The fourth-order valence-corrected chi connectivity index (χ4v) is 1.41. The largest absolute Gasteiger partial charge is 0.323 e. The molecule has 16 heavy (non-hydrogen) atoms. The normalized spacial score (nSPS) is 11.4. The second kappa shape index (κ2) is 5.02. The smallest absolute Gasteiger partial charge is 0.0915 e. The van der Waals surface area contributed by atoms with Crippen molar-refractivity contribution in [2.75, 3.05) is 0 Å². The number of rotatable bonds is 3. The van der Waals surface area contributed by atoms with Crippen molar-refractivity contribution in [3.63, 3.8) is 0 Å². The number of nitrogens with two attached hydrogens (primary N) is 1. The van der Waals surface area contributed by atoms with Crippen molar-refractivity contribution in [3.8, 4) is 0 Å². The Hall–Kier alpha value is -2.23. The van der Waals surface area contributed by atoms with Gasteiger partial charge >= 0.3 is 0 Å². The van der Waals surface area contributed by atoms with Gasteiger partial charge in [0.05, 0.1) is 11.4 Å². The highest BCUT2D eigenvalue weighted by atomic mass is 15.1. The molecule has 0 radical (unpaired) electrons. The minimum Gasteiger partial charge on any atom is -0.323 e. The van der Waals surface area contributed by atoms with Gasteiger partial charge in [-0.2, -0.15) is 5.10 Å². The van der Waals surface area contributed by atoms with Crippen LogP contribution in [0.3, 0.4) is 0 Å². The van der Waals surface area contributed by atoms with Crippen molar-refractivity contribution >= 4 is 5.71 Å². The minimum absolute atomic E-state index is 0.592. The highest BCUT2D eigenvalue weighted by Crippen LogP contribution is 2.03. The van der Waals surface area contributed by atoms with E-state index in [4.69, 9.17) is 5.84 Å². The number of pyridine rings is 2. The summed E-state index contributed by atoms with van der Waals surface area (Å²) < 4.78 is 0.